The van der Waals surface area contributed by atoms with Crippen molar-refractivity contribution in [1.29, 1.82) is 0 Å². The molecule has 0 spiro atoms. The van der Waals surface area contributed by atoms with E-state index in [1.807, 2.05) is 19.9 Å². The van der Waals surface area contributed by atoms with Crippen LogP contribution in [-0.2, 0) is 10.0 Å². The first-order valence-electron chi connectivity index (χ1n) is 5.90. The summed E-state index contributed by atoms with van der Waals surface area (Å²) in [5.74, 6) is 0.234. The third kappa shape index (κ3) is 3.16. The van der Waals surface area contributed by atoms with Gasteiger partial charge in [-0.25, -0.2) is 8.42 Å². The maximum atomic E-state index is 12.0. The molecule has 0 unspecified atom stereocenters. The van der Waals surface area contributed by atoms with Gasteiger partial charge in [-0.3, -0.25) is 4.72 Å². The smallest absolute Gasteiger partial charge is 0.237 e. The molecule has 0 saturated heterocycles. The monoisotopic (exact) mass is 271 g/mol. The van der Waals surface area contributed by atoms with Crippen molar-refractivity contribution in [2.45, 2.75) is 45.3 Å². The maximum absolute atomic E-state index is 12.0. The van der Waals surface area contributed by atoms with Crippen molar-refractivity contribution in [1.82, 2.24) is 0 Å². The minimum Gasteiger partial charge on any atom is -0.506 e. The molecule has 0 heterocycles. The number of nitrogens with one attached hydrogen (secondary N) is 1. The second-order valence-electron chi connectivity index (χ2n) is 5.65. The zero-order chi connectivity index (χ0) is 14.1. The lowest BCUT2D eigenvalue weighted by Crippen LogP contribution is -2.33. The van der Waals surface area contributed by atoms with E-state index in [-0.39, 0.29) is 17.4 Å². The molecule has 2 N–H and O–H groups in total. The van der Waals surface area contributed by atoms with Crippen molar-refractivity contribution in [2.75, 3.05) is 4.72 Å². The molecule has 0 aliphatic rings. The van der Waals surface area contributed by atoms with E-state index in [0.29, 0.717) is 0 Å². The van der Waals surface area contributed by atoms with E-state index >= 15 is 0 Å². The van der Waals surface area contributed by atoms with Crippen LogP contribution in [0.2, 0.25) is 0 Å². The Morgan fingerprint density at radius 2 is 1.78 bits per heavy atom. The molecule has 18 heavy (non-hydrogen) atoms. The molecule has 4 nitrogen and oxygen atoms in total. The summed E-state index contributed by atoms with van der Waals surface area (Å²) in [4.78, 5) is 0. The Morgan fingerprint density at radius 3 is 2.17 bits per heavy atom. The van der Waals surface area contributed by atoms with E-state index < -0.39 is 14.8 Å². The van der Waals surface area contributed by atoms with E-state index in [0.717, 1.165) is 5.56 Å². The fourth-order valence-electron chi connectivity index (χ4n) is 1.29. The highest BCUT2D eigenvalue weighted by molar-refractivity contribution is 7.94. The summed E-state index contributed by atoms with van der Waals surface area (Å²) in [6, 6.07) is 4.99. The standard InChI is InChI=1S/C13H21NO3S/c1-9(2)10-6-7-11(12(15)8-10)14-18(16,17)13(3,4)5/h6-9,14-15H,1-5H3. The first-order chi connectivity index (χ1) is 8.04. The highest BCUT2D eigenvalue weighted by atomic mass is 32.2. The number of hydrogen-bond acceptors (Lipinski definition) is 3. The quantitative estimate of drug-likeness (QED) is 0.830. The zero-order valence-corrected chi connectivity index (χ0v) is 12.3. The Bertz CT molecular complexity index is 528. The average Bonchev–Trinajstić information content (AvgIpc) is 2.18. The Labute approximate surface area is 109 Å². The lowest BCUT2D eigenvalue weighted by Gasteiger charge is -2.21. The van der Waals surface area contributed by atoms with Crippen LogP contribution in [0.4, 0.5) is 5.69 Å². The summed E-state index contributed by atoms with van der Waals surface area (Å²) in [6.45, 7) is 8.83. The van der Waals surface area contributed by atoms with E-state index in [1.165, 1.54) is 0 Å². The van der Waals surface area contributed by atoms with Gasteiger partial charge in [-0.05, 0) is 44.4 Å². The lowest BCUT2D eigenvalue weighted by molar-refractivity contribution is 0.476. The summed E-state index contributed by atoms with van der Waals surface area (Å²) in [5, 5.41) is 9.84. The predicted molar refractivity (Wildman–Crippen MR) is 74.5 cm³/mol. The van der Waals surface area contributed by atoms with Crippen LogP contribution in [-0.4, -0.2) is 18.3 Å². The molecule has 1 aromatic carbocycles. The van der Waals surface area contributed by atoms with Gasteiger partial charge in [-0.1, -0.05) is 19.9 Å². The van der Waals surface area contributed by atoms with Crippen molar-refractivity contribution < 1.29 is 13.5 Å². The second-order valence-corrected chi connectivity index (χ2v) is 8.08. The lowest BCUT2D eigenvalue weighted by atomic mass is 10.0. The van der Waals surface area contributed by atoms with Gasteiger partial charge in [-0.15, -0.1) is 0 Å². The minimum atomic E-state index is -3.52. The molecule has 1 rings (SSSR count). The van der Waals surface area contributed by atoms with Gasteiger partial charge in [0.2, 0.25) is 10.0 Å². The van der Waals surface area contributed by atoms with Gasteiger partial charge < -0.3 is 5.11 Å². The predicted octanol–water partition coefficient (Wildman–Crippen LogP) is 3.06. The van der Waals surface area contributed by atoms with Crippen LogP contribution in [0, 0.1) is 0 Å². The topological polar surface area (TPSA) is 66.4 Å². The first kappa shape index (κ1) is 14.8. The van der Waals surface area contributed by atoms with Crippen molar-refractivity contribution in [3.8, 4) is 5.75 Å². The summed E-state index contributed by atoms with van der Waals surface area (Å²) in [5.41, 5.74) is 1.18. The van der Waals surface area contributed by atoms with E-state index in [4.69, 9.17) is 0 Å². The van der Waals surface area contributed by atoms with E-state index in [1.54, 1.807) is 32.9 Å². The van der Waals surface area contributed by atoms with E-state index in [2.05, 4.69) is 4.72 Å². The fourth-order valence-corrected chi connectivity index (χ4v) is 2.06. The van der Waals surface area contributed by atoms with Crippen LogP contribution in [0.3, 0.4) is 0 Å². The van der Waals surface area contributed by atoms with Crippen molar-refractivity contribution in [3.63, 3.8) is 0 Å². The SMILES string of the molecule is CC(C)c1ccc(NS(=O)(=O)C(C)(C)C)c(O)c1. The molecule has 0 saturated carbocycles. The molecular formula is C13H21NO3S. The number of benzene rings is 1. The van der Waals surface area contributed by atoms with Crippen molar-refractivity contribution in [2.24, 2.45) is 0 Å². The van der Waals surface area contributed by atoms with Crippen LogP contribution < -0.4 is 4.72 Å². The number of phenols is 1. The number of hydrogen-bond donors (Lipinski definition) is 2. The molecule has 0 amide bonds. The minimum absolute atomic E-state index is 0.0472. The third-order valence-corrected chi connectivity index (χ3v) is 4.84. The summed E-state index contributed by atoms with van der Waals surface area (Å²) < 4.78 is 25.4. The number of phenolic OH excluding ortho intramolecular Hbond substituents is 1. The molecule has 0 atom stereocenters. The highest BCUT2D eigenvalue weighted by Gasteiger charge is 2.29. The van der Waals surface area contributed by atoms with Gasteiger partial charge in [0.1, 0.15) is 5.75 Å². The van der Waals surface area contributed by atoms with Crippen LogP contribution >= 0.6 is 0 Å². The van der Waals surface area contributed by atoms with Gasteiger partial charge in [-0.2, -0.15) is 0 Å². The van der Waals surface area contributed by atoms with E-state index in [9.17, 15) is 13.5 Å². The fraction of sp³-hybridized carbons (Fsp3) is 0.538. The Morgan fingerprint density at radius 1 is 1.22 bits per heavy atom. The highest BCUT2D eigenvalue weighted by Crippen LogP contribution is 2.30. The molecule has 0 fully saturated rings. The second kappa shape index (κ2) is 4.80. The van der Waals surface area contributed by atoms with Crippen molar-refractivity contribution >= 4 is 15.7 Å². The molecule has 0 aliphatic heterocycles. The van der Waals surface area contributed by atoms with Crippen LogP contribution in [0.5, 0.6) is 5.75 Å². The Balaban J connectivity index is 3.08. The van der Waals surface area contributed by atoms with Crippen LogP contribution in [0.25, 0.3) is 0 Å². The third-order valence-electron chi connectivity index (χ3n) is 2.74. The molecule has 102 valence electrons. The molecule has 0 bridgehead atoms. The van der Waals surface area contributed by atoms with Gasteiger partial charge in [0.15, 0.2) is 0 Å². The van der Waals surface area contributed by atoms with Crippen LogP contribution in [0.1, 0.15) is 46.1 Å². The normalized spacial score (nSPS) is 12.8. The summed E-state index contributed by atoms with van der Waals surface area (Å²) in [6.07, 6.45) is 0. The maximum Gasteiger partial charge on any atom is 0.237 e. The number of anilines is 1. The molecule has 0 aliphatic carbocycles. The van der Waals surface area contributed by atoms with Crippen LogP contribution in [0.15, 0.2) is 18.2 Å². The Hall–Kier alpha value is -1.23. The first-order valence-corrected chi connectivity index (χ1v) is 7.38. The Kier molecular flexibility index (Phi) is 3.96. The molecule has 0 radical (unpaired) electrons. The molecule has 0 aromatic heterocycles. The number of rotatable bonds is 3. The molecule has 5 heteroatoms. The zero-order valence-electron chi connectivity index (χ0n) is 11.5. The number of aromatic hydroxyl groups is 1. The van der Waals surface area contributed by atoms with Crippen molar-refractivity contribution in [3.05, 3.63) is 23.8 Å². The van der Waals surface area contributed by atoms with Gasteiger partial charge in [0.25, 0.3) is 0 Å². The number of sulfonamides is 1. The molecular weight excluding hydrogens is 250 g/mol. The summed E-state index contributed by atoms with van der Waals surface area (Å²) >= 11 is 0. The van der Waals surface area contributed by atoms with Gasteiger partial charge in [0, 0.05) is 0 Å². The average molecular weight is 271 g/mol. The largest absolute Gasteiger partial charge is 0.506 e. The molecule has 1 aromatic rings. The van der Waals surface area contributed by atoms with Gasteiger partial charge >= 0.3 is 0 Å². The summed E-state index contributed by atoms with van der Waals surface area (Å²) in [7, 11) is -3.52. The van der Waals surface area contributed by atoms with Gasteiger partial charge in [0.05, 0.1) is 10.4 Å².